The van der Waals surface area contributed by atoms with Crippen molar-refractivity contribution in [3.63, 3.8) is 0 Å². The van der Waals surface area contributed by atoms with Crippen molar-refractivity contribution < 1.29 is 9.85 Å². The first-order chi connectivity index (χ1) is 9.58. The Morgan fingerprint density at radius 2 is 1.40 bits per heavy atom. The molecule has 0 bridgehead atoms. The molecule has 0 saturated carbocycles. The standard InChI is InChI=1S/C14H12N2O4/c17-15(18)10-14(11-4-2-1-3-5-11)12-6-8-13(9-7-12)16(19)20/h1-9,14H,10H2. The Hall–Kier alpha value is -2.76. The van der Waals surface area contributed by atoms with Gasteiger partial charge in [-0.2, -0.15) is 0 Å². The number of hydrogen-bond acceptors (Lipinski definition) is 4. The van der Waals surface area contributed by atoms with E-state index in [0.29, 0.717) is 5.56 Å². The van der Waals surface area contributed by atoms with E-state index in [-0.39, 0.29) is 17.2 Å². The minimum Gasteiger partial charge on any atom is -0.265 e. The number of non-ortho nitro benzene ring substituents is 1. The van der Waals surface area contributed by atoms with Gasteiger partial charge < -0.3 is 0 Å². The fourth-order valence-electron chi connectivity index (χ4n) is 2.07. The molecule has 0 aromatic heterocycles. The quantitative estimate of drug-likeness (QED) is 0.618. The lowest BCUT2D eigenvalue weighted by Crippen LogP contribution is -2.13. The van der Waals surface area contributed by atoms with E-state index in [1.807, 2.05) is 30.3 Å². The molecule has 0 spiro atoms. The number of rotatable bonds is 5. The van der Waals surface area contributed by atoms with Crippen molar-refractivity contribution in [3.8, 4) is 0 Å². The van der Waals surface area contributed by atoms with Gasteiger partial charge >= 0.3 is 0 Å². The van der Waals surface area contributed by atoms with Gasteiger partial charge in [0.15, 0.2) is 0 Å². The Kier molecular flexibility index (Phi) is 4.05. The monoisotopic (exact) mass is 272 g/mol. The molecule has 0 fully saturated rings. The summed E-state index contributed by atoms with van der Waals surface area (Å²) >= 11 is 0. The van der Waals surface area contributed by atoms with Crippen LogP contribution in [0.15, 0.2) is 54.6 Å². The highest BCUT2D eigenvalue weighted by molar-refractivity contribution is 5.38. The molecular formula is C14H12N2O4. The summed E-state index contributed by atoms with van der Waals surface area (Å²) < 4.78 is 0. The van der Waals surface area contributed by atoms with E-state index in [2.05, 4.69) is 0 Å². The lowest BCUT2D eigenvalue weighted by molar-refractivity contribution is -0.481. The highest BCUT2D eigenvalue weighted by Gasteiger charge is 2.20. The van der Waals surface area contributed by atoms with E-state index in [4.69, 9.17) is 0 Å². The van der Waals surface area contributed by atoms with Gasteiger partial charge in [0.1, 0.15) is 0 Å². The SMILES string of the molecule is O=[N+]([O-])CC(c1ccccc1)c1ccc([N+](=O)[O-])cc1. The molecule has 2 aromatic carbocycles. The van der Waals surface area contributed by atoms with Crippen molar-refractivity contribution in [3.05, 3.63) is 86.0 Å². The predicted molar refractivity (Wildman–Crippen MR) is 73.2 cm³/mol. The topological polar surface area (TPSA) is 86.3 Å². The van der Waals surface area contributed by atoms with Crippen LogP contribution in [0.25, 0.3) is 0 Å². The number of hydrogen-bond donors (Lipinski definition) is 0. The lowest BCUT2D eigenvalue weighted by atomic mass is 9.91. The molecule has 1 atom stereocenters. The molecule has 0 aliphatic heterocycles. The number of nitrogens with zero attached hydrogens (tertiary/aromatic N) is 2. The Morgan fingerprint density at radius 1 is 0.850 bits per heavy atom. The van der Waals surface area contributed by atoms with E-state index in [1.54, 1.807) is 12.1 Å². The van der Waals surface area contributed by atoms with Crippen LogP contribution in [-0.2, 0) is 0 Å². The molecule has 0 aliphatic rings. The fraction of sp³-hybridized carbons (Fsp3) is 0.143. The van der Waals surface area contributed by atoms with Crippen molar-refractivity contribution in [1.82, 2.24) is 0 Å². The normalized spacial score (nSPS) is 11.8. The van der Waals surface area contributed by atoms with Gasteiger partial charge in [-0.25, -0.2) is 0 Å². The second kappa shape index (κ2) is 5.92. The Bertz CT molecular complexity index is 611. The molecule has 0 aliphatic carbocycles. The number of benzene rings is 2. The molecule has 2 aromatic rings. The van der Waals surface area contributed by atoms with Gasteiger partial charge in [0.05, 0.1) is 10.8 Å². The largest absolute Gasteiger partial charge is 0.269 e. The summed E-state index contributed by atoms with van der Waals surface area (Å²) in [6.45, 7) is -0.248. The third kappa shape index (κ3) is 3.17. The Balaban J connectivity index is 2.36. The molecule has 20 heavy (non-hydrogen) atoms. The smallest absolute Gasteiger partial charge is 0.265 e. The van der Waals surface area contributed by atoms with Crippen LogP contribution >= 0.6 is 0 Å². The van der Waals surface area contributed by atoms with Crippen molar-refractivity contribution in [1.29, 1.82) is 0 Å². The summed E-state index contributed by atoms with van der Waals surface area (Å²) in [5.74, 6) is -0.410. The third-order valence-electron chi connectivity index (χ3n) is 3.04. The van der Waals surface area contributed by atoms with Crippen LogP contribution in [0.2, 0.25) is 0 Å². The molecule has 0 radical (unpaired) electrons. The van der Waals surface area contributed by atoms with Crippen molar-refractivity contribution in [2.75, 3.05) is 6.54 Å². The average Bonchev–Trinajstić information content (AvgIpc) is 2.45. The molecule has 0 N–H and O–H groups in total. The minimum atomic E-state index is -0.491. The molecule has 1 unspecified atom stereocenters. The fourth-order valence-corrected chi connectivity index (χ4v) is 2.07. The highest BCUT2D eigenvalue weighted by atomic mass is 16.6. The van der Waals surface area contributed by atoms with E-state index >= 15 is 0 Å². The van der Waals surface area contributed by atoms with Crippen molar-refractivity contribution in [2.45, 2.75) is 5.92 Å². The summed E-state index contributed by atoms with van der Waals surface area (Å²) in [5, 5.41) is 21.5. The second-order valence-corrected chi connectivity index (χ2v) is 4.33. The van der Waals surface area contributed by atoms with E-state index < -0.39 is 10.8 Å². The molecule has 6 nitrogen and oxygen atoms in total. The molecule has 2 rings (SSSR count). The van der Waals surface area contributed by atoms with Crippen LogP contribution < -0.4 is 0 Å². The second-order valence-electron chi connectivity index (χ2n) is 4.33. The van der Waals surface area contributed by atoms with E-state index in [0.717, 1.165) is 5.56 Å². The lowest BCUT2D eigenvalue weighted by Gasteiger charge is -2.13. The third-order valence-corrected chi connectivity index (χ3v) is 3.04. The zero-order chi connectivity index (χ0) is 14.5. The summed E-state index contributed by atoms with van der Waals surface area (Å²) in [7, 11) is 0. The van der Waals surface area contributed by atoms with Crippen LogP contribution in [0.3, 0.4) is 0 Å². The zero-order valence-corrected chi connectivity index (χ0v) is 10.5. The van der Waals surface area contributed by atoms with Crippen molar-refractivity contribution in [2.24, 2.45) is 0 Å². The van der Waals surface area contributed by atoms with Gasteiger partial charge in [-0.1, -0.05) is 42.5 Å². The van der Waals surface area contributed by atoms with Gasteiger partial charge in [0.25, 0.3) is 5.69 Å². The van der Waals surface area contributed by atoms with Crippen LogP contribution in [0, 0.1) is 20.2 Å². The Morgan fingerprint density at radius 3 is 1.90 bits per heavy atom. The van der Waals surface area contributed by atoms with Gasteiger partial charge in [-0.3, -0.25) is 20.2 Å². The molecule has 6 heteroatoms. The summed E-state index contributed by atoms with van der Waals surface area (Å²) in [4.78, 5) is 20.6. The number of nitro benzene ring substituents is 1. The van der Waals surface area contributed by atoms with Crippen LogP contribution in [0.5, 0.6) is 0 Å². The van der Waals surface area contributed by atoms with Gasteiger partial charge in [0, 0.05) is 17.1 Å². The van der Waals surface area contributed by atoms with E-state index in [9.17, 15) is 20.2 Å². The molecule has 0 amide bonds. The maximum atomic E-state index is 10.8. The first kappa shape index (κ1) is 13.7. The zero-order valence-electron chi connectivity index (χ0n) is 10.5. The summed E-state index contributed by atoms with van der Waals surface area (Å²) in [6.07, 6.45) is 0. The summed E-state index contributed by atoms with van der Waals surface area (Å²) in [5.41, 5.74) is 1.48. The van der Waals surface area contributed by atoms with Gasteiger partial charge in [0.2, 0.25) is 6.54 Å². The highest BCUT2D eigenvalue weighted by Crippen LogP contribution is 2.26. The molecule has 0 heterocycles. The first-order valence-corrected chi connectivity index (χ1v) is 5.99. The maximum Gasteiger partial charge on any atom is 0.269 e. The molecule has 102 valence electrons. The number of nitro groups is 2. The maximum absolute atomic E-state index is 10.8. The first-order valence-electron chi connectivity index (χ1n) is 5.99. The molecule has 0 saturated heterocycles. The molecular weight excluding hydrogens is 260 g/mol. The van der Waals surface area contributed by atoms with E-state index in [1.165, 1.54) is 12.1 Å². The Labute approximate surface area is 115 Å². The van der Waals surface area contributed by atoms with Crippen LogP contribution in [0.1, 0.15) is 17.0 Å². The average molecular weight is 272 g/mol. The minimum absolute atomic E-state index is 0.0262. The predicted octanol–water partition coefficient (Wildman–Crippen LogP) is 3.00. The summed E-state index contributed by atoms with van der Waals surface area (Å²) in [6, 6.07) is 15.0. The van der Waals surface area contributed by atoms with Gasteiger partial charge in [-0.15, -0.1) is 0 Å². The van der Waals surface area contributed by atoms with Crippen LogP contribution in [0.4, 0.5) is 5.69 Å². The van der Waals surface area contributed by atoms with Gasteiger partial charge in [-0.05, 0) is 11.1 Å². The van der Waals surface area contributed by atoms with Crippen LogP contribution in [-0.4, -0.2) is 16.4 Å². The van der Waals surface area contributed by atoms with Crippen molar-refractivity contribution >= 4 is 5.69 Å².